The molecule has 0 radical (unpaired) electrons. The summed E-state index contributed by atoms with van der Waals surface area (Å²) in [6, 6.07) is 3.35. The third-order valence-electron chi connectivity index (χ3n) is 3.54. The van der Waals surface area contributed by atoms with Gasteiger partial charge in [0.25, 0.3) is 0 Å². The largest absolute Gasteiger partial charge is 0.456 e. The third kappa shape index (κ3) is 4.08. The fourth-order valence-electron chi connectivity index (χ4n) is 2.71. The SMILES string of the molecule is C[NH+](C)C[C@H]1CCCC[C@H]1OC(=O)c1ccc(Br)o1. The Hall–Kier alpha value is -0.810. The standard InChI is InChI=1S/C14H20BrNO3/c1-16(2)9-10-5-3-4-6-11(10)19-14(17)12-7-8-13(15)18-12/h7-8,10-11H,3-6,9H2,1-2H3/p+1/t10-,11-/m1/s1. The zero-order valence-corrected chi connectivity index (χ0v) is 13.0. The van der Waals surface area contributed by atoms with Gasteiger partial charge in [-0.1, -0.05) is 6.42 Å². The van der Waals surface area contributed by atoms with E-state index in [2.05, 4.69) is 30.0 Å². The van der Waals surface area contributed by atoms with Crippen molar-refractivity contribution in [2.75, 3.05) is 20.6 Å². The molecular weight excluding hydrogens is 310 g/mol. The number of nitrogens with one attached hydrogen (secondary N) is 1. The molecule has 0 saturated heterocycles. The summed E-state index contributed by atoms with van der Waals surface area (Å²) in [6.45, 7) is 1.04. The van der Waals surface area contributed by atoms with Gasteiger partial charge in [0.15, 0.2) is 4.67 Å². The molecule has 1 aromatic heterocycles. The van der Waals surface area contributed by atoms with Crippen LogP contribution in [0, 0.1) is 5.92 Å². The van der Waals surface area contributed by atoms with Crippen LogP contribution in [0.15, 0.2) is 21.2 Å². The highest BCUT2D eigenvalue weighted by Crippen LogP contribution is 2.27. The summed E-state index contributed by atoms with van der Waals surface area (Å²) >= 11 is 3.19. The number of carbonyl (C=O) groups is 1. The second-order valence-electron chi connectivity index (χ2n) is 5.50. The topological polar surface area (TPSA) is 43.9 Å². The van der Waals surface area contributed by atoms with E-state index in [4.69, 9.17) is 9.15 Å². The monoisotopic (exact) mass is 330 g/mol. The minimum atomic E-state index is -0.351. The van der Waals surface area contributed by atoms with Crippen molar-refractivity contribution in [2.45, 2.75) is 31.8 Å². The van der Waals surface area contributed by atoms with Gasteiger partial charge in [0, 0.05) is 5.92 Å². The number of quaternary nitrogens is 1. The second kappa shape index (κ2) is 6.57. The highest BCUT2D eigenvalue weighted by Gasteiger charge is 2.31. The molecule has 1 aromatic rings. The van der Waals surface area contributed by atoms with E-state index in [-0.39, 0.29) is 17.8 Å². The van der Waals surface area contributed by atoms with Crippen LogP contribution >= 0.6 is 15.9 Å². The van der Waals surface area contributed by atoms with Crippen molar-refractivity contribution >= 4 is 21.9 Å². The minimum absolute atomic E-state index is 0.0278. The molecule has 0 bridgehead atoms. The van der Waals surface area contributed by atoms with Crippen molar-refractivity contribution < 1.29 is 18.8 Å². The van der Waals surface area contributed by atoms with E-state index in [1.54, 1.807) is 12.1 Å². The van der Waals surface area contributed by atoms with Gasteiger partial charge in [0.1, 0.15) is 6.10 Å². The van der Waals surface area contributed by atoms with E-state index in [0.29, 0.717) is 10.6 Å². The summed E-state index contributed by atoms with van der Waals surface area (Å²) < 4.78 is 11.4. The van der Waals surface area contributed by atoms with Crippen molar-refractivity contribution in [1.29, 1.82) is 0 Å². The molecule has 0 aliphatic heterocycles. The van der Waals surface area contributed by atoms with Crippen LogP contribution in [-0.2, 0) is 4.74 Å². The van der Waals surface area contributed by atoms with Crippen LogP contribution in [0.3, 0.4) is 0 Å². The molecule has 1 fully saturated rings. The first kappa shape index (κ1) is 14.6. The Labute approximate surface area is 122 Å². The highest BCUT2D eigenvalue weighted by atomic mass is 79.9. The van der Waals surface area contributed by atoms with Crippen LogP contribution < -0.4 is 4.90 Å². The highest BCUT2D eigenvalue weighted by molar-refractivity contribution is 9.10. The number of halogens is 1. The van der Waals surface area contributed by atoms with Gasteiger partial charge in [-0.05, 0) is 47.3 Å². The average molecular weight is 331 g/mol. The van der Waals surface area contributed by atoms with E-state index in [1.807, 2.05) is 0 Å². The van der Waals surface area contributed by atoms with Gasteiger partial charge in [0.2, 0.25) is 5.76 Å². The fourth-order valence-corrected chi connectivity index (χ4v) is 3.01. The van der Waals surface area contributed by atoms with Gasteiger partial charge in [-0.3, -0.25) is 0 Å². The predicted octanol–water partition coefficient (Wildman–Crippen LogP) is 1.90. The third-order valence-corrected chi connectivity index (χ3v) is 3.97. The Balaban J connectivity index is 1.97. The molecule has 4 nitrogen and oxygen atoms in total. The van der Waals surface area contributed by atoms with Crippen LogP contribution in [-0.4, -0.2) is 32.7 Å². The lowest BCUT2D eigenvalue weighted by molar-refractivity contribution is -0.862. The van der Waals surface area contributed by atoms with E-state index >= 15 is 0 Å². The summed E-state index contributed by atoms with van der Waals surface area (Å²) in [7, 11) is 4.27. The summed E-state index contributed by atoms with van der Waals surface area (Å²) in [5, 5.41) is 0. The summed E-state index contributed by atoms with van der Waals surface area (Å²) in [5.41, 5.74) is 0. The lowest BCUT2D eigenvalue weighted by Crippen LogP contribution is -3.06. The van der Waals surface area contributed by atoms with Crippen LogP contribution in [0.25, 0.3) is 0 Å². The maximum atomic E-state index is 12.0. The van der Waals surface area contributed by atoms with Crippen LogP contribution in [0.1, 0.15) is 36.2 Å². The maximum absolute atomic E-state index is 12.0. The first-order valence-corrected chi connectivity index (χ1v) is 7.61. The van der Waals surface area contributed by atoms with Gasteiger partial charge >= 0.3 is 5.97 Å². The molecule has 0 aromatic carbocycles. The molecule has 1 aliphatic rings. The number of carbonyl (C=O) groups excluding carboxylic acids is 1. The summed E-state index contributed by atoms with van der Waals surface area (Å²) in [4.78, 5) is 13.4. The van der Waals surface area contributed by atoms with Crippen molar-refractivity contribution in [3.63, 3.8) is 0 Å². The van der Waals surface area contributed by atoms with Crippen molar-refractivity contribution in [3.05, 3.63) is 22.6 Å². The molecule has 2 atom stereocenters. The van der Waals surface area contributed by atoms with Crippen molar-refractivity contribution in [3.8, 4) is 0 Å². The van der Waals surface area contributed by atoms with Gasteiger partial charge in [-0.2, -0.15) is 0 Å². The Kier molecular flexibility index (Phi) is 5.05. The molecule has 2 rings (SSSR count). The van der Waals surface area contributed by atoms with Crippen LogP contribution in [0.5, 0.6) is 0 Å². The lowest BCUT2D eigenvalue weighted by atomic mass is 9.86. The number of esters is 1. The Morgan fingerprint density at radius 1 is 1.42 bits per heavy atom. The molecule has 0 amide bonds. The molecule has 0 unspecified atom stereocenters. The van der Waals surface area contributed by atoms with Gasteiger partial charge in [0.05, 0.1) is 20.6 Å². The summed E-state index contributed by atoms with van der Waals surface area (Å²) in [6.07, 6.45) is 4.51. The molecule has 1 aliphatic carbocycles. The molecular formula is C14H21BrNO3+. The lowest BCUT2D eigenvalue weighted by Gasteiger charge is -2.31. The normalized spacial score (nSPS) is 23.6. The first-order chi connectivity index (χ1) is 9.06. The Bertz CT molecular complexity index is 430. The van der Waals surface area contributed by atoms with Crippen molar-refractivity contribution in [2.24, 2.45) is 5.92 Å². The maximum Gasteiger partial charge on any atom is 0.374 e. The predicted molar refractivity (Wildman–Crippen MR) is 75.2 cm³/mol. The number of ether oxygens (including phenoxy) is 1. The van der Waals surface area contributed by atoms with Crippen LogP contribution in [0.4, 0.5) is 0 Å². The fraction of sp³-hybridized carbons (Fsp3) is 0.643. The van der Waals surface area contributed by atoms with E-state index in [1.165, 1.54) is 11.3 Å². The number of furan rings is 1. The second-order valence-corrected chi connectivity index (χ2v) is 6.28. The number of hydrogen-bond acceptors (Lipinski definition) is 3. The molecule has 106 valence electrons. The van der Waals surface area contributed by atoms with Crippen molar-refractivity contribution in [1.82, 2.24) is 0 Å². The summed E-state index contributed by atoms with van der Waals surface area (Å²) in [5.74, 6) is 0.380. The Morgan fingerprint density at radius 2 is 2.16 bits per heavy atom. The molecule has 0 spiro atoms. The average Bonchev–Trinajstić information content (AvgIpc) is 2.78. The van der Waals surface area contributed by atoms with E-state index in [0.717, 1.165) is 25.8 Å². The zero-order chi connectivity index (χ0) is 13.8. The molecule has 1 N–H and O–H groups in total. The number of hydrogen-bond donors (Lipinski definition) is 1. The molecule has 1 saturated carbocycles. The minimum Gasteiger partial charge on any atom is -0.456 e. The van der Waals surface area contributed by atoms with Crippen LogP contribution in [0.2, 0.25) is 0 Å². The smallest absolute Gasteiger partial charge is 0.374 e. The zero-order valence-electron chi connectivity index (χ0n) is 11.4. The molecule has 19 heavy (non-hydrogen) atoms. The van der Waals surface area contributed by atoms with Gasteiger partial charge in [-0.25, -0.2) is 4.79 Å². The van der Waals surface area contributed by atoms with Gasteiger partial charge < -0.3 is 14.1 Å². The molecule has 1 heterocycles. The quantitative estimate of drug-likeness (QED) is 0.857. The number of rotatable bonds is 4. The van der Waals surface area contributed by atoms with Gasteiger partial charge in [-0.15, -0.1) is 0 Å². The molecule has 5 heteroatoms. The Morgan fingerprint density at radius 3 is 2.79 bits per heavy atom. The van der Waals surface area contributed by atoms with E-state index < -0.39 is 0 Å². The van der Waals surface area contributed by atoms with E-state index in [9.17, 15) is 4.79 Å². The first-order valence-electron chi connectivity index (χ1n) is 6.81.